The maximum absolute atomic E-state index is 12.2. The first kappa shape index (κ1) is 17.5. The fourth-order valence-corrected chi connectivity index (χ4v) is 3.09. The summed E-state index contributed by atoms with van der Waals surface area (Å²) in [6.07, 6.45) is 4.85. The highest BCUT2D eigenvalue weighted by atomic mass is 35.5. The lowest BCUT2D eigenvalue weighted by Crippen LogP contribution is -2.59. The molecule has 0 spiro atoms. The number of urea groups is 1. The zero-order chi connectivity index (χ0) is 17.0. The summed E-state index contributed by atoms with van der Waals surface area (Å²) in [7, 11) is 0. The molecule has 0 aromatic carbocycles. The Hall–Kier alpha value is -1.89. The van der Waals surface area contributed by atoms with Gasteiger partial charge in [0.2, 0.25) is 6.29 Å². The molecule has 23 heavy (non-hydrogen) atoms. The van der Waals surface area contributed by atoms with Gasteiger partial charge in [-0.15, -0.1) is 0 Å². The zero-order valence-electron chi connectivity index (χ0n) is 12.9. The molecule has 2 aliphatic rings. The average Bonchev–Trinajstić information content (AvgIpc) is 2.55. The van der Waals surface area contributed by atoms with Gasteiger partial charge in [0, 0.05) is 24.7 Å². The summed E-state index contributed by atoms with van der Waals surface area (Å²) in [5.41, 5.74) is 0.632. The number of hydrogen-bond acceptors (Lipinski definition) is 4. The SMILES string of the molecule is CCN1CCN(C(=O)NC([C]=O)C2=C(Cl)CCCC2)C(=O)C1=O. The number of piperazine rings is 1. The highest BCUT2D eigenvalue weighted by molar-refractivity contribution is 6.38. The summed E-state index contributed by atoms with van der Waals surface area (Å²) >= 11 is 6.12. The van der Waals surface area contributed by atoms with Crippen molar-refractivity contribution < 1.29 is 19.2 Å². The second-order valence-electron chi connectivity index (χ2n) is 5.48. The van der Waals surface area contributed by atoms with E-state index in [0.717, 1.165) is 17.7 Å². The van der Waals surface area contributed by atoms with Gasteiger partial charge in [0.15, 0.2) is 0 Å². The minimum absolute atomic E-state index is 0.0998. The fraction of sp³-hybridized carbons (Fsp3) is 0.600. The number of carbonyl (C=O) groups is 3. The number of allylic oxidation sites excluding steroid dienone is 1. The van der Waals surface area contributed by atoms with E-state index in [1.165, 1.54) is 4.90 Å². The van der Waals surface area contributed by atoms with Crippen LogP contribution in [0.25, 0.3) is 0 Å². The molecule has 7 nitrogen and oxygen atoms in total. The number of imide groups is 1. The van der Waals surface area contributed by atoms with Crippen LogP contribution in [0.2, 0.25) is 0 Å². The first-order chi connectivity index (χ1) is 11.0. The number of rotatable bonds is 4. The van der Waals surface area contributed by atoms with Gasteiger partial charge in [-0.2, -0.15) is 0 Å². The van der Waals surface area contributed by atoms with Crippen molar-refractivity contribution in [2.75, 3.05) is 19.6 Å². The molecule has 0 aromatic heterocycles. The third-order valence-electron chi connectivity index (χ3n) is 4.11. The monoisotopic (exact) mass is 340 g/mol. The highest BCUT2D eigenvalue weighted by Gasteiger charge is 2.36. The van der Waals surface area contributed by atoms with Gasteiger partial charge in [0.25, 0.3) is 0 Å². The maximum Gasteiger partial charge on any atom is 0.325 e. The van der Waals surface area contributed by atoms with Gasteiger partial charge >= 0.3 is 17.8 Å². The zero-order valence-corrected chi connectivity index (χ0v) is 13.7. The van der Waals surface area contributed by atoms with Crippen LogP contribution in [0.3, 0.4) is 0 Å². The Morgan fingerprint density at radius 2 is 1.96 bits per heavy atom. The van der Waals surface area contributed by atoms with E-state index < -0.39 is 23.9 Å². The summed E-state index contributed by atoms with van der Waals surface area (Å²) in [5, 5.41) is 3.01. The Labute approximate surface area is 139 Å². The first-order valence-corrected chi connectivity index (χ1v) is 8.03. The molecule has 1 heterocycles. The van der Waals surface area contributed by atoms with E-state index >= 15 is 0 Å². The van der Waals surface area contributed by atoms with E-state index in [1.807, 2.05) is 0 Å². The van der Waals surface area contributed by atoms with Gasteiger partial charge in [0.1, 0.15) is 6.04 Å². The molecule has 1 fully saturated rings. The molecule has 1 atom stereocenters. The Balaban J connectivity index is 2.07. The topological polar surface area (TPSA) is 86.8 Å². The Bertz CT molecular complexity index is 561. The van der Waals surface area contributed by atoms with Crippen molar-refractivity contribution in [2.24, 2.45) is 0 Å². The van der Waals surface area contributed by atoms with Crippen molar-refractivity contribution in [3.8, 4) is 0 Å². The van der Waals surface area contributed by atoms with Gasteiger partial charge in [-0.1, -0.05) is 11.6 Å². The number of halogens is 1. The lowest BCUT2D eigenvalue weighted by atomic mass is 9.94. The third-order valence-corrected chi connectivity index (χ3v) is 4.54. The van der Waals surface area contributed by atoms with Gasteiger partial charge in [0.05, 0.1) is 0 Å². The number of carbonyl (C=O) groups excluding carboxylic acids is 4. The smallest absolute Gasteiger partial charge is 0.325 e. The van der Waals surface area contributed by atoms with Crippen molar-refractivity contribution >= 4 is 35.7 Å². The van der Waals surface area contributed by atoms with Crippen LogP contribution in [0.4, 0.5) is 4.79 Å². The minimum Gasteiger partial charge on any atom is -0.333 e. The second-order valence-corrected chi connectivity index (χ2v) is 5.94. The van der Waals surface area contributed by atoms with E-state index in [0.29, 0.717) is 30.0 Å². The summed E-state index contributed by atoms with van der Waals surface area (Å²) in [5.74, 6) is -1.60. The molecule has 0 saturated carbocycles. The molecule has 1 aliphatic heterocycles. The third kappa shape index (κ3) is 3.72. The Morgan fingerprint density at radius 1 is 1.26 bits per heavy atom. The summed E-state index contributed by atoms with van der Waals surface area (Å²) in [6.45, 7) is 2.55. The molecule has 0 aromatic rings. The normalized spacial score (nSPS) is 20.6. The molecule has 0 bridgehead atoms. The summed E-state index contributed by atoms with van der Waals surface area (Å²) in [4.78, 5) is 49.5. The molecule has 125 valence electrons. The van der Waals surface area contributed by atoms with E-state index in [1.54, 1.807) is 13.2 Å². The van der Waals surface area contributed by atoms with Gasteiger partial charge in [-0.25, -0.2) is 4.79 Å². The molecule has 1 unspecified atom stereocenters. The van der Waals surface area contributed by atoms with Crippen LogP contribution in [0.5, 0.6) is 0 Å². The quantitative estimate of drug-likeness (QED) is 0.771. The predicted molar refractivity (Wildman–Crippen MR) is 83.3 cm³/mol. The number of amides is 4. The lowest BCUT2D eigenvalue weighted by molar-refractivity contribution is -0.153. The average molecular weight is 341 g/mol. The molecule has 1 N–H and O–H groups in total. The first-order valence-electron chi connectivity index (χ1n) is 7.66. The van der Waals surface area contributed by atoms with E-state index in [4.69, 9.17) is 11.6 Å². The van der Waals surface area contributed by atoms with Crippen LogP contribution in [0.15, 0.2) is 10.6 Å². The van der Waals surface area contributed by atoms with Crippen LogP contribution in [0, 0.1) is 0 Å². The molecule has 2 rings (SSSR count). The molecule has 4 amide bonds. The summed E-state index contributed by atoms with van der Waals surface area (Å²) < 4.78 is 0. The molecular formula is C15H19ClN3O4. The Kier molecular flexibility index (Phi) is 5.76. The molecule has 1 aliphatic carbocycles. The van der Waals surface area contributed by atoms with Crippen molar-refractivity contribution in [2.45, 2.75) is 38.6 Å². The largest absolute Gasteiger partial charge is 0.333 e. The van der Waals surface area contributed by atoms with Crippen LogP contribution in [-0.2, 0) is 14.4 Å². The molecule has 8 heteroatoms. The Morgan fingerprint density at radius 3 is 2.57 bits per heavy atom. The van der Waals surface area contributed by atoms with Gasteiger partial charge in [-0.05, 0) is 38.2 Å². The van der Waals surface area contributed by atoms with Crippen LogP contribution < -0.4 is 5.32 Å². The number of hydrogen-bond donors (Lipinski definition) is 1. The molecule has 1 saturated heterocycles. The fourth-order valence-electron chi connectivity index (χ4n) is 2.75. The molecule has 1 radical (unpaired) electrons. The van der Waals surface area contributed by atoms with Crippen molar-refractivity contribution in [1.82, 2.24) is 15.1 Å². The minimum atomic E-state index is -0.984. The number of nitrogens with one attached hydrogen (secondary N) is 1. The van der Waals surface area contributed by atoms with Crippen molar-refractivity contribution in [3.63, 3.8) is 0 Å². The molecular weight excluding hydrogens is 322 g/mol. The lowest BCUT2D eigenvalue weighted by Gasteiger charge is -2.32. The number of likely N-dealkylation sites (N-methyl/N-ethyl adjacent to an activating group) is 1. The van der Waals surface area contributed by atoms with Crippen LogP contribution >= 0.6 is 11.6 Å². The van der Waals surface area contributed by atoms with E-state index in [-0.39, 0.29) is 13.1 Å². The standard InChI is InChI=1S/C15H19ClN3O4/c1-2-18-7-8-19(14(22)13(18)21)15(23)17-12(9-20)10-5-3-4-6-11(10)16/h12H,2-8H2,1H3,(H,17,23). The predicted octanol–water partition coefficient (Wildman–Crippen LogP) is 0.932. The number of nitrogens with zero attached hydrogens (tertiary/aromatic N) is 2. The maximum atomic E-state index is 12.2. The second kappa shape index (κ2) is 7.59. The van der Waals surface area contributed by atoms with E-state index in [2.05, 4.69) is 5.32 Å². The highest BCUT2D eigenvalue weighted by Crippen LogP contribution is 2.29. The van der Waals surface area contributed by atoms with Gasteiger partial charge in [-0.3, -0.25) is 19.3 Å². The van der Waals surface area contributed by atoms with Crippen LogP contribution in [-0.4, -0.2) is 59.6 Å². The van der Waals surface area contributed by atoms with Crippen molar-refractivity contribution in [3.05, 3.63) is 10.6 Å². The summed E-state index contributed by atoms with van der Waals surface area (Å²) in [6, 6.07) is -1.75. The van der Waals surface area contributed by atoms with E-state index in [9.17, 15) is 19.2 Å². The van der Waals surface area contributed by atoms with Gasteiger partial charge < -0.3 is 10.2 Å². The van der Waals surface area contributed by atoms with Crippen LogP contribution in [0.1, 0.15) is 32.6 Å². The van der Waals surface area contributed by atoms with Crippen molar-refractivity contribution in [1.29, 1.82) is 0 Å².